The molecule has 1 aliphatic rings. The van der Waals surface area contributed by atoms with Crippen LogP contribution in [0.25, 0.3) is 0 Å². The summed E-state index contributed by atoms with van der Waals surface area (Å²) in [4.78, 5) is 26.0. The summed E-state index contributed by atoms with van der Waals surface area (Å²) in [6.45, 7) is 4.63. The second kappa shape index (κ2) is 7.43. The van der Waals surface area contributed by atoms with Gasteiger partial charge in [-0.2, -0.15) is 0 Å². The van der Waals surface area contributed by atoms with Gasteiger partial charge >= 0.3 is 11.8 Å². The summed E-state index contributed by atoms with van der Waals surface area (Å²) in [7, 11) is 0. The number of rotatable bonds is 4. The standard InChI is InChI=1S/C15H20ClN3O2/c1-2-19-9-5-6-11(19)10-17-14(20)15(21)18-13-8-4-3-7-12(13)16/h3-4,7-8,11H,2,5-6,9-10H2,1H3,(H,17,20)(H,18,21)/t11-/m0/s1. The van der Waals surface area contributed by atoms with Gasteiger partial charge in [0.25, 0.3) is 0 Å². The first-order valence-electron chi connectivity index (χ1n) is 7.19. The zero-order valence-electron chi connectivity index (χ0n) is 12.1. The van der Waals surface area contributed by atoms with Gasteiger partial charge in [0.15, 0.2) is 0 Å². The largest absolute Gasteiger partial charge is 0.346 e. The Labute approximate surface area is 129 Å². The van der Waals surface area contributed by atoms with Crippen molar-refractivity contribution < 1.29 is 9.59 Å². The van der Waals surface area contributed by atoms with Crippen LogP contribution in [0.1, 0.15) is 19.8 Å². The third kappa shape index (κ3) is 4.19. The van der Waals surface area contributed by atoms with E-state index in [2.05, 4.69) is 22.5 Å². The van der Waals surface area contributed by atoms with E-state index in [1.807, 2.05) is 0 Å². The minimum Gasteiger partial charge on any atom is -0.346 e. The van der Waals surface area contributed by atoms with Crippen LogP contribution in [0.3, 0.4) is 0 Å². The Hall–Kier alpha value is -1.59. The number of nitrogens with zero attached hydrogens (tertiary/aromatic N) is 1. The molecular formula is C15H20ClN3O2. The molecule has 1 fully saturated rings. The predicted molar refractivity (Wildman–Crippen MR) is 83.4 cm³/mol. The Morgan fingerprint density at radius 1 is 1.33 bits per heavy atom. The second-order valence-corrected chi connectivity index (χ2v) is 5.48. The molecule has 0 saturated carbocycles. The molecule has 0 spiro atoms. The van der Waals surface area contributed by atoms with Gasteiger partial charge in [0.2, 0.25) is 0 Å². The van der Waals surface area contributed by atoms with Crippen LogP contribution < -0.4 is 10.6 Å². The lowest BCUT2D eigenvalue weighted by molar-refractivity contribution is -0.136. The third-order valence-corrected chi connectivity index (χ3v) is 4.06. The number of hydrogen-bond acceptors (Lipinski definition) is 3. The van der Waals surface area contributed by atoms with Gasteiger partial charge in [0, 0.05) is 12.6 Å². The number of nitrogens with one attached hydrogen (secondary N) is 2. The molecule has 0 aromatic heterocycles. The number of hydrogen-bond donors (Lipinski definition) is 2. The fourth-order valence-electron chi connectivity index (χ4n) is 2.58. The molecule has 0 unspecified atom stereocenters. The van der Waals surface area contributed by atoms with Gasteiger partial charge in [-0.25, -0.2) is 0 Å². The van der Waals surface area contributed by atoms with Crippen LogP contribution in [-0.4, -0.2) is 42.4 Å². The molecule has 2 N–H and O–H groups in total. The molecule has 2 rings (SSSR count). The molecule has 1 aromatic rings. The molecule has 0 radical (unpaired) electrons. The molecule has 1 heterocycles. The Bertz CT molecular complexity index is 521. The van der Waals surface area contributed by atoms with E-state index in [9.17, 15) is 9.59 Å². The first-order valence-corrected chi connectivity index (χ1v) is 7.57. The summed E-state index contributed by atoms with van der Waals surface area (Å²) in [5.41, 5.74) is 0.440. The van der Waals surface area contributed by atoms with Crippen LogP contribution in [0.5, 0.6) is 0 Å². The van der Waals surface area contributed by atoms with Crippen LogP contribution in [0.4, 0.5) is 5.69 Å². The van der Waals surface area contributed by atoms with Crippen LogP contribution in [0.15, 0.2) is 24.3 Å². The summed E-state index contributed by atoms with van der Waals surface area (Å²) in [6.07, 6.45) is 2.19. The number of benzene rings is 1. The van der Waals surface area contributed by atoms with Crippen molar-refractivity contribution in [2.24, 2.45) is 0 Å². The summed E-state index contributed by atoms with van der Waals surface area (Å²) in [5.74, 6) is -1.32. The highest BCUT2D eigenvalue weighted by atomic mass is 35.5. The van der Waals surface area contributed by atoms with Crippen molar-refractivity contribution in [3.8, 4) is 0 Å². The molecule has 2 amide bonds. The van der Waals surface area contributed by atoms with Crippen molar-refractivity contribution >= 4 is 29.1 Å². The highest BCUT2D eigenvalue weighted by Gasteiger charge is 2.24. The van der Waals surface area contributed by atoms with Crippen LogP contribution in [0, 0.1) is 0 Å². The maximum atomic E-state index is 11.8. The minimum absolute atomic E-state index is 0.326. The highest BCUT2D eigenvalue weighted by molar-refractivity contribution is 6.41. The lowest BCUT2D eigenvalue weighted by atomic mass is 10.2. The second-order valence-electron chi connectivity index (χ2n) is 5.07. The van der Waals surface area contributed by atoms with E-state index in [4.69, 9.17) is 11.6 Å². The number of carbonyl (C=O) groups is 2. The minimum atomic E-state index is -0.691. The smallest absolute Gasteiger partial charge is 0.313 e. The van der Waals surface area contributed by atoms with Crippen molar-refractivity contribution in [3.63, 3.8) is 0 Å². The number of anilines is 1. The van der Waals surface area contributed by atoms with Gasteiger partial charge in [0.05, 0.1) is 10.7 Å². The molecule has 1 saturated heterocycles. The molecule has 1 atom stereocenters. The summed E-state index contributed by atoms with van der Waals surface area (Å²) >= 11 is 5.94. The van der Waals surface area contributed by atoms with Gasteiger partial charge in [0.1, 0.15) is 0 Å². The van der Waals surface area contributed by atoms with Crippen molar-refractivity contribution in [2.45, 2.75) is 25.8 Å². The fraction of sp³-hybridized carbons (Fsp3) is 0.467. The molecule has 5 nitrogen and oxygen atoms in total. The van der Waals surface area contributed by atoms with E-state index in [0.717, 1.165) is 25.9 Å². The lowest BCUT2D eigenvalue weighted by Crippen LogP contribution is -2.43. The van der Waals surface area contributed by atoms with Crippen LogP contribution >= 0.6 is 11.6 Å². The van der Waals surface area contributed by atoms with Gasteiger partial charge in [-0.15, -0.1) is 0 Å². The quantitative estimate of drug-likeness (QED) is 0.835. The predicted octanol–water partition coefficient (Wildman–Crippen LogP) is 1.88. The number of carbonyl (C=O) groups excluding carboxylic acids is 2. The van der Waals surface area contributed by atoms with Crippen molar-refractivity contribution in [2.75, 3.05) is 25.0 Å². The first-order chi connectivity index (χ1) is 10.1. The van der Waals surface area contributed by atoms with E-state index >= 15 is 0 Å². The van der Waals surface area contributed by atoms with E-state index < -0.39 is 11.8 Å². The van der Waals surface area contributed by atoms with Crippen molar-refractivity contribution in [1.82, 2.24) is 10.2 Å². The number of likely N-dealkylation sites (N-methyl/N-ethyl adjacent to an activating group) is 1. The first kappa shape index (κ1) is 15.8. The van der Waals surface area contributed by atoms with Crippen molar-refractivity contribution in [3.05, 3.63) is 29.3 Å². The Morgan fingerprint density at radius 3 is 2.81 bits per heavy atom. The Kier molecular flexibility index (Phi) is 5.59. The third-order valence-electron chi connectivity index (χ3n) is 3.73. The SMILES string of the molecule is CCN1CCC[C@H]1CNC(=O)C(=O)Nc1ccccc1Cl. The average Bonchev–Trinajstić information content (AvgIpc) is 2.94. The van der Waals surface area contributed by atoms with Crippen molar-refractivity contribution in [1.29, 1.82) is 0 Å². The molecule has 0 aliphatic carbocycles. The fourth-order valence-corrected chi connectivity index (χ4v) is 2.76. The van der Waals surface area contributed by atoms with E-state index in [-0.39, 0.29) is 0 Å². The molecule has 1 aromatic carbocycles. The summed E-state index contributed by atoms with van der Waals surface area (Å²) < 4.78 is 0. The van der Waals surface area contributed by atoms with Gasteiger partial charge in [-0.1, -0.05) is 30.7 Å². The molecular weight excluding hydrogens is 290 g/mol. The van der Waals surface area contributed by atoms with Crippen LogP contribution in [-0.2, 0) is 9.59 Å². The van der Waals surface area contributed by atoms with E-state index in [0.29, 0.717) is 23.3 Å². The number of likely N-dealkylation sites (tertiary alicyclic amines) is 1. The normalized spacial score (nSPS) is 18.5. The lowest BCUT2D eigenvalue weighted by Gasteiger charge is -2.22. The van der Waals surface area contributed by atoms with Gasteiger partial charge in [-0.3, -0.25) is 14.5 Å². The number of halogens is 1. The van der Waals surface area contributed by atoms with E-state index in [1.165, 1.54) is 0 Å². The molecule has 6 heteroatoms. The maximum Gasteiger partial charge on any atom is 0.313 e. The Morgan fingerprint density at radius 2 is 2.10 bits per heavy atom. The number of amides is 2. The molecule has 114 valence electrons. The molecule has 0 bridgehead atoms. The zero-order valence-corrected chi connectivity index (χ0v) is 12.8. The van der Waals surface area contributed by atoms with Gasteiger partial charge in [-0.05, 0) is 38.1 Å². The van der Waals surface area contributed by atoms with E-state index in [1.54, 1.807) is 24.3 Å². The summed E-state index contributed by atoms with van der Waals surface area (Å²) in [5, 5.41) is 5.62. The number of para-hydroxylation sites is 1. The van der Waals surface area contributed by atoms with Gasteiger partial charge < -0.3 is 10.6 Å². The topological polar surface area (TPSA) is 61.4 Å². The molecule has 1 aliphatic heterocycles. The highest BCUT2D eigenvalue weighted by Crippen LogP contribution is 2.20. The van der Waals surface area contributed by atoms with Crippen LogP contribution in [0.2, 0.25) is 5.02 Å². The monoisotopic (exact) mass is 309 g/mol. The molecule has 21 heavy (non-hydrogen) atoms. The summed E-state index contributed by atoms with van der Waals surface area (Å²) in [6, 6.07) is 7.15. The Balaban J connectivity index is 1.83. The zero-order chi connectivity index (χ0) is 15.2. The average molecular weight is 310 g/mol. The maximum absolute atomic E-state index is 11.8.